The van der Waals surface area contributed by atoms with Crippen molar-refractivity contribution in [3.63, 3.8) is 0 Å². The summed E-state index contributed by atoms with van der Waals surface area (Å²) in [6, 6.07) is 12.9. The molecule has 3 rings (SSSR count). The molecule has 1 N–H and O–H groups in total. The van der Waals surface area contributed by atoms with Crippen LogP contribution in [0, 0.1) is 0 Å². The molecule has 0 saturated carbocycles. The first-order chi connectivity index (χ1) is 12.5. The van der Waals surface area contributed by atoms with Gasteiger partial charge in [0.1, 0.15) is 0 Å². The van der Waals surface area contributed by atoms with Crippen LogP contribution in [0.3, 0.4) is 0 Å². The highest BCUT2D eigenvalue weighted by Crippen LogP contribution is 2.35. The van der Waals surface area contributed by atoms with Gasteiger partial charge in [-0.2, -0.15) is 0 Å². The molecule has 7 heteroatoms. The van der Waals surface area contributed by atoms with Crippen LogP contribution in [0.25, 0.3) is 17.0 Å². The van der Waals surface area contributed by atoms with Gasteiger partial charge in [-0.25, -0.2) is 4.79 Å². The Hall–Kier alpha value is -2.25. The summed E-state index contributed by atoms with van der Waals surface area (Å²) in [5.74, 6) is 1.10. The lowest BCUT2D eigenvalue weighted by atomic mass is 10.1. The zero-order valence-corrected chi connectivity index (χ0v) is 17.3. The van der Waals surface area contributed by atoms with E-state index in [1.807, 2.05) is 36.4 Å². The molecule has 0 atom stereocenters. The van der Waals surface area contributed by atoms with Crippen molar-refractivity contribution in [1.29, 1.82) is 0 Å². The molecule has 0 bridgehead atoms. The number of halogens is 2. The van der Waals surface area contributed by atoms with Crippen molar-refractivity contribution in [2.75, 3.05) is 19.5 Å². The number of hydrogen-bond acceptors (Lipinski definition) is 3. The van der Waals surface area contributed by atoms with Crippen LogP contribution in [0.1, 0.15) is 5.56 Å². The second-order valence-electron chi connectivity index (χ2n) is 5.40. The number of amides is 1. The van der Waals surface area contributed by atoms with Crippen molar-refractivity contribution in [2.45, 2.75) is 0 Å². The summed E-state index contributed by atoms with van der Waals surface area (Å²) in [7, 11) is 3.12. The van der Waals surface area contributed by atoms with E-state index in [1.165, 1.54) is 0 Å². The van der Waals surface area contributed by atoms with Crippen LogP contribution < -0.4 is 14.8 Å². The van der Waals surface area contributed by atoms with E-state index in [-0.39, 0.29) is 6.03 Å². The van der Waals surface area contributed by atoms with E-state index in [4.69, 9.17) is 9.47 Å². The lowest BCUT2D eigenvalue weighted by Crippen LogP contribution is -2.19. The van der Waals surface area contributed by atoms with E-state index in [2.05, 4.69) is 37.2 Å². The summed E-state index contributed by atoms with van der Waals surface area (Å²) in [5, 5.41) is 3.94. The summed E-state index contributed by atoms with van der Waals surface area (Å²) in [5.41, 5.74) is 2.20. The number of benzene rings is 2. The molecule has 1 heterocycles. The quantitative estimate of drug-likeness (QED) is 0.512. The highest BCUT2D eigenvalue weighted by molar-refractivity contribution is 9.28. The number of rotatable bonds is 4. The number of hydrogen-bond donors (Lipinski definition) is 1. The van der Waals surface area contributed by atoms with Crippen LogP contribution in [-0.2, 0) is 0 Å². The lowest BCUT2D eigenvalue weighted by molar-refractivity contribution is 0.254. The lowest BCUT2D eigenvalue weighted by Gasteiger charge is -2.14. The molecular weight excluding hydrogens is 464 g/mol. The van der Waals surface area contributed by atoms with E-state index in [1.54, 1.807) is 37.1 Å². The Balaban J connectivity index is 2.02. The Morgan fingerprint density at radius 3 is 2.46 bits per heavy atom. The fourth-order valence-electron chi connectivity index (χ4n) is 2.68. The van der Waals surface area contributed by atoms with Gasteiger partial charge in [0.05, 0.1) is 28.8 Å². The number of para-hydroxylation sites is 1. The zero-order chi connectivity index (χ0) is 18.7. The first kappa shape index (κ1) is 18.5. The van der Waals surface area contributed by atoms with Gasteiger partial charge in [0.15, 0.2) is 11.5 Å². The smallest absolute Gasteiger partial charge is 0.330 e. The minimum Gasteiger partial charge on any atom is -0.493 e. The molecule has 134 valence electrons. The van der Waals surface area contributed by atoms with Gasteiger partial charge in [-0.15, -0.1) is 0 Å². The van der Waals surface area contributed by atoms with E-state index in [0.29, 0.717) is 17.2 Å². The molecule has 1 amide bonds. The number of methoxy groups -OCH3 is 2. The van der Waals surface area contributed by atoms with Crippen molar-refractivity contribution >= 4 is 60.6 Å². The van der Waals surface area contributed by atoms with Gasteiger partial charge in [-0.05, 0) is 56.1 Å². The number of fused-ring (bicyclic) bond motifs is 1. The molecule has 3 aromatic rings. The predicted molar refractivity (Wildman–Crippen MR) is 112 cm³/mol. The third kappa shape index (κ3) is 3.78. The van der Waals surface area contributed by atoms with Crippen LogP contribution in [0.2, 0.25) is 0 Å². The molecule has 1 aromatic heterocycles. The van der Waals surface area contributed by atoms with E-state index in [9.17, 15) is 4.79 Å². The Bertz CT molecular complexity index is 992. The van der Waals surface area contributed by atoms with Crippen LogP contribution >= 0.6 is 31.9 Å². The Morgan fingerprint density at radius 2 is 1.77 bits per heavy atom. The summed E-state index contributed by atoms with van der Waals surface area (Å²) in [6.45, 7) is 0. The maximum absolute atomic E-state index is 12.8. The molecule has 0 aliphatic carbocycles. The van der Waals surface area contributed by atoms with Crippen LogP contribution in [-0.4, -0.2) is 24.8 Å². The van der Waals surface area contributed by atoms with Gasteiger partial charge in [0.25, 0.3) is 0 Å². The summed E-state index contributed by atoms with van der Waals surface area (Å²) in [4.78, 5) is 12.8. The third-order valence-electron chi connectivity index (χ3n) is 3.88. The predicted octanol–water partition coefficient (Wildman–Crippen LogP) is 5.83. The van der Waals surface area contributed by atoms with Crippen molar-refractivity contribution < 1.29 is 14.3 Å². The minimum absolute atomic E-state index is 0.265. The number of nitrogens with one attached hydrogen (secondary N) is 1. The zero-order valence-electron chi connectivity index (χ0n) is 14.1. The molecule has 0 radical (unpaired) electrons. The first-order valence-electron chi connectivity index (χ1n) is 7.69. The Kier molecular flexibility index (Phi) is 5.68. The van der Waals surface area contributed by atoms with Crippen LogP contribution in [0.15, 0.2) is 52.1 Å². The third-order valence-corrected chi connectivity index (χ3v) is 4.34. The normalized spacial score (nSPS) is 10.5. The van der Waals surface area contributed by atoms with Crippen LogP contribution in [0.4, 0.5) is 10.5 Å². The molecular formula is C19H16Br2N2O3. The monoisotopic (exact) mass is 478 g/mol. The first-order valence-corrected chi connectivity index (χ1v) is 9.28. The molecule has 0 saturated heterocycles. The summed E-state index contributed by atoms with van der Waals surface area (Å²) >= 11 is 6.71. The highest BCUT2D eigenvalue weighted by Gasteiger charge is 2.14. The minimum atomic E-state index is -0.265. The van der Waals surface area contributed by atoms with Gasteiger partial charge >= 0.3 is 6.03 Å². The molecule has 0 aliphatic heterocycles. The second-order valence-corrected chi connectivity index (χ2v) is 8.18. The molecule has 0 fully saturated rings. The number of nitrogens with zero attached hydrogens (tertiary/aromatic N) is 1. The molecule has 0 aliphatic rings. The SMILES string of the molecule is COc1cc(C=C(Br)Br)c(NC(=O)n2ccc3ccccc32)cc1OC. The van der Waals surface area contributed by atoms with Gasteiger partial charge in [-0.1, -0.05) is 18.2 Å². The van der Waals surface area contributed by atoms with Crippen molar-refractivity contribution in [3.05, 3.63) is 57.6 Å². The molecule has 5 nitrogen and oxygen atoms in total. The van der Waals surface area contributed by atoms with Crippen molar-refractivity contribution in [3.8, 4) is 11.5 Å². The molecule has 26 heavy (non-hydrogen) atoms. The topological polar surface area (TPSA) is 52.5 Å². The van der Waals surface area contributed by atoms with E-state index >= 15 is 0 Å². The maximum Gasteiger partial charge on any atom is 0.330 e. The standard InChI is InChI=1S/C19H16Br2N2O3/c1-25-16-9-13(10-18(20)21)14(11-17(16)26-2)22-19(24)23-8-7-12-5-3-4-6-15(12)23/h3-11H,1-2H3,(H,22,24). The summed E-state index contributed by atoms with van der Waals surface area (Å²) in [6.07, 6.45) is 3.57. The molecule has 0 unspecified atom stereocenters. The second kappa shape index (κ2) is 7.97. The van der Waals surface area contributed by atoms with E-state index < -0.39 is 0 Å². The van der Waals surface area contributed by atoms with Gasteiger partial charge in [-0.3, -0.25) is 4.57 Å². The number of ether oxygens (including phenoxy) is 2. The van der Waals surface area contributed by atoms with Gasteiger partial charge in [0, 0.05) is 23.2 Å². The fourth-order valence-corrected chi connectivity index (χ4v) is 3.17. The number of carbonyl (C=O) groups excluding carboxylic acids is 1. The average molecular weight is 480 g/mol. The van der Waals surface area contributed by atoms with Gasteiger partial charge in [0.2, 0.25) is 0 Å². The highest BCUT2D eigenvalue weighted by atomic mass is 79.9. The number of anilines is 1. The molecule has 0 spiro atoms. The van der Waals surface area contributed by atoms with E-state index in [0.717, 1.165) is 19.9 Å². The largest absolute Gasteiger partial charge is 0.493 e. The number of carbonyl (C=O) groups is 1. The average Bonchev–Trinajstić information content (AvgIpc) is 3.06. The molecule has 2 aromatic carbocycles. The van der Waals surface area contributed by atoms with Crippen molar-refractivity contribution in [2.24, 2.45) is 0 Å². The Morgan fingerprint density at radius 1 is 1.08 bits per heavy atom. The van der Waals surface area contributed by atoms with Crippen molar-refractivity contribution in [1.82, 2.24) is 4.57 Å². The maximum atomic E-state index is 12.8. The Labute approximate surface area is 167 Å². The summed E-state index contributed by atoms with van der Waals surface area (Å²) < 4.78 is 13.0. The fraction of sp³-hybridized carbons (Fsp3) is 0.105. The van der Waals surface area contributed by atoms with Crippen LogP contribution in [0.5, 0.6) is 11.5 Å². The van der Waals surface area contributed by atoms with Gasteiger partial charge < -0.3 is 14.8 Å². The number of aromatic nitrogens is 1.